The average molecular weight is 745 g/mol. The number of phenolic OH excluding ortho intramolecular Hbond substituents is 1. The molecule has 3 aromatic carbocycles. The number of piperazine rings is 1. The van der Waals surface area contributed by atoms with E-state index in [1.807, 2.05) is 18.2 Å². The molecule has 290 valence electrons. The maximum atomic E-state index is 13.2. The summed E-state index contributed by atoms with van der Waals surface area (Å²) in [7, 11) is 2.25. The third-order valence-electron chi connectivity index (χ3n) is 14.0. The molecule has 0 aromatic heterocycles. The molecule has 4 fully saturated rings. The molecule has 2 N–H and O–H groups in total. The molecule has 3 amide bonds. The molecule has 6 aliphatic rings. The van der Waals surface area contributed by atoms with Gasteiger partial charge in [0.1, 0.15) is 11.8 Å². The first kappa shape index (κ1) is 36.2. The molecule has 10 heteroatoms. The van der Waals surface area contributed by atoms with E-state index in [2.05, 4.69) is 74.4 Å². The second kappa shape index (κ2) is 15.3. The van der Waals surface area contributed by atoms with Gasteiger partial charge in [-0.25, -0.2) is 0 Å². The fraction of sp³-hybridized carbons (Fsp3) is 0.533. The van der Waals surface area contributed by atoms with E-state index in [9.17, 15) is 19.5 Å². The minimum atomic E-state index is -0.582. The predicted molar refractivity (Wildman–Crippen MR) is 215 cm³/mol. The standard InChI is InChI=1S/C45H56N6O4/c1-47-18-16-31(17-19-47)38-9-4-33-27-37(52)8-11-39(33)43(38)32-2-5-35(6-3-32)49-20-14-30(15-21-49)28-48-22-24-50(25-23-48)36-7-10-40-34(26-36)29-51(45(40)55)41-12-13-42(53)46-44(41)54/h2-3,5-8,10-11,26-27,30-31,38,41,43,52H,4,9,12-25,28-29H2,1H3,(H,46,53,54)/t38-,41?,43+/m1/s1. The molecule has 5 heterocycles. The Labute approximate surface area is 325 Å². The van der Waals surface area contributed by atoms with Crippen molar-refractivity contribution in [3.05, 3.63) is 88.5 Å². The molecule has 0 spiro atoms. The lowest BCUT2D eigenvalue weighted by atomic mass is 9.65. The number of anilines is 2. The number of nitrogens with one attached hydrogen (secondary N) is 1. The highest BCUT2D eigenvalue weighted by molar-refractivity contribution is 6.05. The molecule has 9 rings (SSSR count). The maximum Gasteiger partial charge on any atom is 0.255 e. The summed E-state index contributed by atoms with van der Waals surface area (Å²) in [4.78, 5) is 49.0. The van der Waals surface area contributed by atoms with Gasteiger partial charge in [0, 0.05) is 81.6 Å². The van der Waals surface area contributed by atoms with Crippen LogP contribution < -0.4 is 15.1 Å². The molecule has 0 bridgehead atoms. The third-order valence-corrected chi connectivity index (χ3v) is 14.0. The zero-order valence-electron chi connectivity index (χ0n) is 32.3. The van der Waals surface area contributed by atoms with Crippen LogP contribution >= 0.6 is 0 Å². The average Bonchev–Trinajstić information content (AvgIpc) is 3.53. The number of hydrogen-bond acceptors (Lipinski definition) is 8. The summed E-state index contributed by atoms with van der Waals surface area (Å²) >= 11 is 0. The normalized spacial score (nSPS) is 25.9. The van der Waals surface area contributed by atoms with E-state index in [0.717, 1.165) is 69.4 Å². The summed E-state index contributed by atoms with van der Waals surface area (Å²) in [5.74, 6) is 2.12. The van der Waals surface area contributed by atoms with Crippen molar-refractivity contribution in [1.29, 1.82) is 0 Å². The lowest BCUT2D eigenvalue weighted by Gasteiger charge is -2.42. The van der Waals surface area contributed by atoms with Gasteiger partial charge in [0.05, 0.1) is 0 Å². The highest BCUT2D eigenvalue weighted by atomic mass is 16.3. The number of phenols is 1. The Hall–Kier alpha value is -4.41. The third kappa shape index (κ3) is 7.35. The van der Waals surface area contributed by atoms with E-state index in [1.54, 1.807) is 4.90 Å². The summed E-state index contributed by atoms with van der Waals surface area (Å²) in [5.41, 5.74) is 8.28. The SMILES string of the molecule is CN1CCC([C@H]2CCc3cc(O)ccc3[C@H]2c2ccc(N3CCC(CN4CCN(c5ccc6c(c5)CN(C5CCC(=O)NC5=O)C6=O)CC4)CC3)cc2)CC1. The van der Waals surface area contributed by atoms with Crippen molar-refractivity contribution in [1.82, 2.24) is 20.0 Å². The van der Waals surface area contributed by atoms with E-state index in [1.165, 1.54) is 67.6 Å². The summed E-state index contributed by atoms with van der Waals surface area (Å²) in [5, 5.41) is 12.7. The number of benzene rings is 3. The number of rotatable bonds is 7. The molecule has 55 heavy (non-hydrogen) atoms. The number of fused-ring (bicyclic) bond motifs is 2. The fourth-order valence-corrected chi connectivity index (χ4v) is 10.8. The molecule has 4 saturated heterocycles. The molecular weight excluding hydrogens is 689 g/mol. The number of imide groups is 1. The highest BCUT2D eigenvalue weighted by Gasteiger charge is 2.40. The van der Waals surface area contributed by atoms with Crippen LogP contribution in [0.3, 0.4) is 0 Å². The Kier molecular flexibility index (Phi) is 10.1. The van der Waals surface area contributed by atoms with E-state index >= 15 is 0 Å². The van der Waals surface area contributed by atoms with Gasteiger partial charge >= 0.3 is 0 Å². The van der Waals surface area contributed by atoms with Gasteiger partial charge in [-0.2, -0.15) is 0 Å². The van der Waals surface area contributed by atoms with Gasteiger partial charge < -0.3 is 24.7 Å². The van der Waals surface area contributed by atoms with Crippen LogP contribution in [0.25, 0.3) is 0 Å². The zero-order chi connectivity index (χ0) is 37.6. The van der Waals surface area contributed by atoms with Gasteiger partial charge in [-0.15, -0.1) is 0 Å². The predicted octanol–water partition coefficient (Wildman–Crippen LogP) is 5.23. The van der Waals surface area contributed by atoms with Crippen molar-refractivity contribution in [2.45, 2.75) is 69.9 Å². The first-order valence-corrected chi connectivity index (χ1v) is 20.9. The van der Waals surface area contributed by atoms with Crippen LogP contribution in [0.1, 0.15) is 83.5 Å². The molecule has 1 unspecified atom stereocenters. The molecular formula is C45H56N6O4. The summed E-state index contributed by atoms with van der Waals surface area (Å²) in [6.45, 7) is 10.1. The number of nitrogens with zero attached hydrogens (tertiary/aromatic N) is 5. The second-order valence-corrected chi connectivity index (χ2v) is 17.3. The number of aromatic hydroxyl groups is 1. The van der Waals surface area contributed by atoms with Gasteiger partial charge in [-0.3, -0.25) is 24.6 Å². The lowest BCUT2D eigenvalue weighted by molar-refractivity contribution is -0.136. The molecule has 5 aliphatic heterocycles. The number of likely N-dealkylation sites (tertiary alicyclic amines) is 1. The van der Waals surface area contributed by atoms with Crippen molar-refractivity contribution >= 4 is 29.1 Å². The highest BCUT2D eigenvalue weighted by Crippen LogP contribution is 2.47. The smallest absolute Gasteiger partial charge is 0.255 e. The number of amides is 3. The first-order chi connectivity index (χ1) is 26.8. The van der Waals surface area contributed by atoms with Crippen LogP contribution in [0.15, 0.2) is 60.7 Å². The van der Waals surface area contributed by atoms with Crippen LogP contribution in [0.4, 0.5) is 11.4 Å². The number of hydrogen-bond donors (Lipinski definition) is 2. The molecule has 3 aromatic rings. The summed E-state index contributed by atoms with van der Waals surface area (Å²) in [6, 6.07) is 21.2. The van der Waals surface area contributed by atoms with Crippen LogP contribution in [0.5, 0.6) is 5.75 Å². The largest absolute Gasteiger partial charge is 0.508 e. The molecule has 1 aliphatic carbocycles. The maximum absolute atomic E-state index is 13.2. The van der Waals surface area contributed by atoms with Crippen molar-refractivity contribution in [2.75, 3.05) is 75.8 Å². The van der Waals surface area contributed by atoms with Gasteiger partial charge in [-0.05, 0) is 148 Å². The van der Waals surface area contributed by atoms with Gasteiger partial charge in [0.15, 0.2) is 0 Å². The Morgan fingerprint density at radius 2 is 1.44 bits per heavy atom. The second-order valence-electron chi connectivity index (χ2n) is 17.3. The molecule has 0 saturated carbocycles. The molecule has 3 atom stereocenters. The Morgan fingerprint density at radius 3 is 2.18 bits per heavy atom. The van der Waals surface area contributed by atoms with Gasteiger partial charge in [-0.1, -0.05) is 18.2 Å². The topological polar surface area (TPSA) is 99.7 Å². The van der Waals surface area contributed by atoms with Crippen molar-refractivity contribution in [3.63, 3.8) is 0 Å². The van der Waals surface area contributed by atoms with Crippen molar-refractivity contribution in [2.24, 2.45) is 17.8 Å². The minimum Gasteiger partial charge on any atom is -0.508 e. The Bertz CT molecular complexity index is 1910. The number of carbonyl (C=O) groups excluding carboxylic acids is 3. The first-order valence-electron chi connectivity index (χ1n) is 20.9. The number of carbonyl (C=O) groups is 3. The minimum absolute atomic E-state index is 0.117. The van der Waals surface area contributed by atoms with Crippen molar-refractivity contribution in [3.8, 4) is 5.75 Å². The Balaban J connectivity index is 0.774. The van der Waals surface area contributed by atoms with Crippen LogP contribution in [-0.2, 0) is 22.6 Å². The summed E-state index contributed by atoms with van der Waals surface area (Å²) < 4.78 is 0. The van der Waals surface area contributed by atoms with E-state index in [0.29, 0.717) is 42.0 Å². The Morgan fingerprint density at radius 1 is 0.709 bits per heavy atom. The quantitative estimate of drug-likeness (QED) is 0.318. The van der Waals surface area contributed by atoms with E-state index < -0.39 is 6.04 Å². The van der Waals surface area contributed by atoms with Crippen molar-refractivity contribution < 1.29 is 19.5 Å². The van der Waals surface area contributed by atoms with E-state index in [4.69, 9.17) is 0 Å². The van der Waals surface area contributed by atoms with Crippen LogP contribution in [0, 0.1) is 17.8 Å². The van der Waals surface area contributed by atoms with Crippen LogP contribution in [0.2, 0.25) is 0 Å². The van der Waals surface area contributed by atoms with Gasteiger partial charge in [0.25, 0.3) is 5.91 Å². The molecule has 0 radical (unpaired) electrons. The lowest BCUT2D eigenvalue weighted by Crippen LogP contribution is -2.52. The van der Waals surface area contributed by atoms with Gasteiger partial charge in [0.2, 0.25) is 11.8 Å². The van der Waals surface area contributed by atoms with Crippen LogP contribution in [-0.4, -0.2) is 110 Å². The molecule has 10 nitrogen and oxygen atoms in total. The fourth-order valence-electron chi connectivity index (χ4n) is 10.8. The number of aryl methyl sites for hydroxylation is 1. The zero-order valence-corrected chi connectivity index (χ0v) is 32.3. The monoisotopic (exact) mass is 744 g/mol. The number of piperidine rings is 3. The summed E-state index contributed by atoms with van der Waals surface area (Å²) in [6.07, 6.45) is 7.89. The van der Waals surface area contributed by atoms with E-state index in [-0.39, 0.29) is 24.1 Å².